The summed E-state index contributed by atoms with van der Waals surface area (Å²) < 4.78 is 39.2. The van der Waals surface area contributed by atoms with Gasteiger partial charge < -0.3 is 10.6 Å². The number of aromatic nitrogens is 3. The van der Waals surface area contributed by atoms with Gasteiger partial charge in [-0.05, 0) is 6.42 Å². The second-order valence-electron chi connectivity index (χ2n) is 4.53. The smallest absolute Gasteiger partial charge is 0.329 e. The number of rotatable bonds is 4. The molecule has 0 aliphatic carbocycles. The van der Waals surface area contributed by atoms with Crippen LogP contribution < -0.4 is 10.6 Å². The third-order valence-electron chi connectivity index (χ3n) is 2.79. The fourth-order valence-corrected chi connectivity index (χ4v) is 2.69. The van der Waals surface area contributed by atoms with Crippen LogP contribution in [-0.4, -0.2) is 20.8 Å². The Morgan fingerprint density at radius 3 is 2.73 bits per heavy atom. The molecule has 1 atom stereocenters. The molecule has 2 aromatic rings. The van der Waals surface area contributed by atoms with Gasteiger partial charge in [-0.2, -0.15) is 18.3 Å². The van der Waals surface area contributed by atoms with E-state index in [2.05, 4.69) is 20.7 Å². The SMILES string of the molecule is CC[C@@H](NC(=O)Nc1cnn(C)c1)c1nc(C(F)(F)F)cs1. The third kappa shape index (κ3) is 3.97. The third-order valence-corrected chi connectivity index (χ3v) is 3.75. The van der Waals surface area contributed by atoms with E-state index in [0.29, 0.717) is 12.1 Å². The Labute approximate surface area is 128 Å². The van der Waals surface area contributed by atoms with E-state index in [-0.39, 0.29) is 5.01 Å². The molecule has 0 radical (unpaired) electrons. The van der Waals surface area contributed by atoms with E-state index in [4.69, 9.17) is 0 Å². The van der Waals surface area contributed by atoms with Crippen LogP contribution in [0.1, 0.15) is 30.1 Å². The van der Waals surface area contributed by atoms with Crippen LogP contribution >= 0.6 is 11.3 Å². The summed E-state index contributed by atoms with van der Waals surface area (Å²) in [5, 5.41) is 10.2. The van der Waals surface area contributed by atoms with Crippen molar-refractivity contribution in [3.63, 3.8) is 0 Å². The van der Waals surface area contributed by atoms with Crippen molar-refractivity contribution in [2.75, 3.05) is 5.32 Å². The first-order valence-electron chi connectivity index (χ1n) is 6.38. The molecule has 10 heteroatoms. The van der Waals surface area contributed by atoms with Crippen molar-refractivity contribution in [1.82, 2.24) is 20.1 Å². The van der Waals surface area contributed by atoms with Gasteiger partial charge in [0, 0.05) is 18.6 Å². The quantitative estimate of drug-likeness (QED) is 0.903. The number of carbonyl (C=O) groups is 1. The molecule has 0 spiro atoms. The zero-order chi connectivity index (χ0) is 16.3. The zero-order valence-corrected chi connectivity index (χ0v) is 12.6. The van der Waals surface area contributed by atoms with Gasteiger partial charge in [0.05, 0.1) is 17.9 Å². The fraction of sp³-hybridized carbons (Fsp3) is 0.417. The number of hydrogen-bond acceptors (Lipinski definition) is 4. The van der Waals surface area contributed by atoms with Gasteiger partial charge in [-0.25, -0.2) is 9.78 Å². The molecular formula is C12H14F3N5OS. The second kappa shape index (κ2) is 6.34. The lowest BCUT2D eigenvalue weighted by molar-refractivity contribution is -0.140. The topological polar surface area (TPSA) is 71.8 Å². The van der Waals surface area contributed by atoms with E-state index in [1.807, 2.05) is 0 Å². The molecule has 0 aliphatic heterocycles. The van der Waals surface area contributed by atoms with Crippen LogP contribution in [0.2, 0.25) is 0 Å². The Kier molecular flexibility index (Phi) is 4.69. The summed E-state index contributed by atoms with van der Waals surface area (Å²) in [4.78, 5) is 15.4. The largest absolute Gasteiger partial charge is 0.434 e. The van der Waals surface area contributed by atoms with Crippen LogP contribution in [0.4, 0.5) is 23.7 Å². The molecule has 2 N–H and O–H groups in total. The Balaban J connectivity index is 2.02. The van der Waals surface area contributed by atoms with E-state index in [0.717, 1.165) is 16.7 Å². The van der Waals surface area contributed by atoms with Gasteiger partial charge in [0.25, 0.3) is 0 Å². The van der Waals surface area contributed by atoms with Crippen molar-refractivity contribution < 1.29 is 18.0 Å². The Morgan fingerprint density at radius 1 is 1.50 bits per heavy atom. The van der Waals surface area contributed by atoms with Crippen LogP contribution in [0.15, 0.2) is 17.8 Å². The van der Waals surface area contributed by atoms with Crippen LogP contribution in [0.5, 0.6) is 0 Å². The second-order valence-corrected chi connectivity index (χ2v) is 5.42. The number of urea groups is 1. The van der Waals surface area contributed by atoms with Gasteiger partial charge in [-0.3, -0.25) is 4.68 Å². The summed E-state index contributed by atoms with van der Waals surface area (Å²) in [5.74, 6) is 0. The highest BCUT2D eigenvalue weighted by Gasteiger charge is 2.34. The van der Waals surface area contributed by atoms with Crippen molar-refractivity contribution in [2.45, 2.75) is 25.6 Å². The molecule has 120 valence electrons. The first-order chi connectivity index (χ1) is 10.3. The highest BCUT2D eigenvalue weighted by Crippen LogP contribution is 2.32. The molecule has 0 aliphatic rings. The summed E-state index contributed by atoms with van der Waals surface area (Å²) in [6, 6.07) is -1.11. The molecule has 2 amide bonds. The monoisotopic (exact) mass is 333 g/mol. The molecule has 22 heavy (non-hydrogen) atoms. The normalized spacial score (nSPS) is 13.0. The number of thiazole rings is 1. The number of hydrogen-bond donors (Lipinski definition) is 2. The molecule has 2 aromatic heterocycles. The average Bonchev–Trinajstić information content (AvgIpc) is 3.04. The number of aryl methyl sites for hydroxylation is 1. The van der Waals surface area contributed by atoms with Crippen LogP contribution in [0, 0.1) is 0 Å². The summed E-state index contributed by atoms with van der Waals surface area (Å²) >= 11 is 0.871. The first-order valence-corrected chi connectivity index (χ1v) is 7.26. The number of halogens is 3. The lowest BCUT2D eigenvalue weighted by Crippen LogP contribution is -2.32. The minimum atomic E-state index is -4.48. The minimum absolute atomic E-state index is 0.219. The van der Waals surface area contributed by atoms with Crippen molar-refractivity contribution in [2.24, 2.45) is 7.05 Å². The lowest BCUT2D eigenvalue weighted by atomic mass is 10.2. The molecule has 2 rings (SSSR count). The van der Waals surface area contributed by atoms with E-state index in [1.165, 1.54) is 10.9 Å². The number of anilines is 1. The van der Waals surface area contributed by atoms with E-state index >= 15 is 0 Å². The molecule has 0 fully saturated rings. The minimum Gasteiger partial charge on any atom is -0.329 e. The first kappa shape index (κ1) is 16.3. The maximum Gasteiger partial charge on any atom is 0.434 e. The fourth-order valence-electron chi connectivity index (χ4n) is 1.73. The van der Waals surface area contributed by atoms with Crippen molar-refractivity contribution in [1.29, 1.82) is 0 Å². The zero-order valence-electron chi connectivity index (χ0n) is 11.8. The molecule has 0 saturated heterocycles. The summed E-state index contributed by atoms with van der Waals surface area (Å²) in [6.07, 6.45) is -0.992. The highest BCUT2D eigenvalue weighted by molar-refractivity contribution is 7.09. The average molecular weight is 333 g/mol. The molecule has 0 aromatic carbocycles. The molecular weight excluding hydrogens is 319 g/mol. The maximum absolute atomic E-state index is 12.6. The van der Waals surface area contributed by atoms with Gasteiger partial charge >= 0.3 is 12.2 Å². The van der Waals surface area contributed by atoms with Crippen LogP contribution in [-0.2, 0) is 13.2 Å². The number of nitrogens with one attached hydrogen (secondary N) is 2. The molecule has 0 bridgehead atoms. The summed E-state index contributed by atoms with van der Waals surface area (Å²) in [6.45, 7) is 1.75. The molecule has 0 unspecified atom stereocenters. The van der Waals surface area contributed by atoms with Crippen LogP contribution in [0.25, 0.3) is 0 Å². The number of amides is 2. The van der Waals surface area contributed by atoms with Gasteiger partial charge in [0.1, 0.15) is 5.01 Å². The van der Waals surface area contributed by atoms with Crippen molar-refractivity contribution in [3.05, 3.63) is 28.5 Å². The van der Waals surface area contributed by atoms with E-state index in [9.17, 15) is 18.0 Å². The Bertz CT molecular complexity index is 651. The lowest BCUT2D eigenvalue weighted by Gasteiger charge is -2.14. The van der Waals surface area contributed by atoms with Gasteiger partial charge in [-0.15, -0.1) is 11.3 Å². The van der Waals surface area contributed by atoms with Crippen molar-refractivity contribution >= 4 is 23.1 Å². The van der Waals surface area contributed by atoms with Crippen LogP contribution in [0.3, 0.4) is 0 Å². The van der Waals surface area contributed by atoms with E-state index < -0.39 is 23.9 Å². The van der Waals surface area contributed by atoms with E-state index in [1.54, 1.807) is 20.2 Å². The molecule has 2 heterocycles. The predicted molar refractivity (Wildman–Crippen MR) is 75.5 cm³/mol. The summed E-state index contributed by atoms with van der Waals surface area (Å²) in [7, 11) is 1.70. The maximum atomic E-state index is 12.6. The Morgan fingerprint density at radius 2 is 2.23 bits per heavy atom. The number of nitrogens with zero attached hydrogens (tertiary/aromatic N) is 3. The molecule has 0 saturated carbocycles. The van der Waals surface area contributed by atoms with Gasteiger partial charge in [0.15, 0.2) is 5.69 Å². The van der Waals surface area contributed by atoms with Gasteiger partial charge in [-0.1, -0.05) is 6.92 Å². The Hall–Kier alpha value is -2.10. The number of alkyl halides is 3. The standard InChI is InChI=1S/C12H14F3N5OS/c1-3-8(10-19-9(6-22-10)12(13,14)15)18-11(21)17-7-4-16-20(2)5-7/h4-6,8H,3H2,1-2H3,(H2,17,18,21)/t8-/m1/s1. The number of carbonyl (C=O) groups excluding carboxylic acids is 1. The molecule has 6 nitrogen and oxygen atoms in total. The van der Waals surface area contributed by atoms with Gasteiger partial charge in [0.2, 0.25) is 0 Å². The summed E-state index contributed by atoms with van der Waals surface area (Å²) in [5.41, 5.74) is -0.453. The predicted octanol–water partition coefficient (Wildman–Crippen LogP) is 3.17. The van der Waals surface area contributed by atoms with Crippen molar-refractivity contribution in [3.8, 4) is 0 Å². The highest BCUT2D eigenvalue weighted by atomic mass is 32.1.